The van der Waals surface area contributed by atoms with Gasteiger partial charge in [0.25, 0.3) is 0 Å². The number of aromatic nitrogens is 2. The van der Waals surface area contributed by atoms with Crippen molar-refractivity contribution in [3.8, 4) is 0 Å². The number of anilines is 3. The van der Waals surface area contributed by atoms with Gasteiger partial charge in [0.15, 0.2) is 0 Å². The highest BCUT2D eigenvalue weighted by molar-refractivity contribution is 5.96. The normalized spacial score (nSPS) is 14.7. The van der Waals surface area contributed by atoms with E-state index in [-0.39, 0.29) is 0 Å². The van der Waals surface area contributed by atoms with Crippen molar-refractivity contribution in [2.45, 2.75) is 0 Å². The van der Waals surface area contributed by atoms with E-state index >= 15 is 0 Å². The van der Waals surface area contributed by atoms with E-state index in [1.54, 1.807) is 30.5 Å². The molecule has 1 aliphatic rings. The minimum Gasteiger partial charge on any atom is -0.465 e. The number of benzene rings is 1. The van der Waals surface area contributed by atoms with Crippen LogP contribution in [0.25, 0.3) is 0 Å². The minimum atomic E-state index is -0.397. The summed E-state index contributed by atoms with van der Waals surface area (Å²) in [5.41, 5.74) is 1.09. The second-order valence-electron chi connectivity index (χ2n) is 5.81. The maximum atomic E-state index is 11.9. The Morgan fingerprint density at radius 2 is 2.08 bits per heavy atom. The molecule has 1 aromatic carbocycles. The molecular formula is C18H23N5O3. The molecule has 2 heterocycles. The van der Waals surface area contributed by atoms with Crippen molar-refractivity contribution >= 4 is 23.4 Å². The predicted octanol–water partition coefficient (Wildman–Crippen LogP) is 1.75. The Kier molecular flexibility index (Phi) is 6.34. The first kappa shape index (κ1) is 18.1. The van der Waals surface area contributed by atoms with Crippen LogP contribution in [-0.4, -0.2) is 67.3 Å². The van der Waals surface area contributed by atoms with Gasteiger partial charge in [0, 0.05) is 32.4 Å². The second-order valence-corrected chi connectivity index (χ2v) is 5.81. The first-order valence-electron chi connectivity index (χ1n) is 8.57. The highest BCUT2D eigenvalue weighted by Gasteiger charge is 2.12. The van der Waals surface area contributed by atoms with Crippen LogP contribution >= 0.6 is 0 Å². The third-order valence-electron chi connectivity index (χ3n) is 4.07. The largest absolute Gasteiger partial charge is 0.465 e. The molecule has 8 heteroatoms. The molecular weight excluding hydrogens is 334 g/mol. The van der Waals surface area contributed by atoms with Crippen LogP contribution in [0.15, 0.2) is 36.5 Å². The van der Waals surface area contributed by atoms with Gasteiger partial charge >= 0.3 is 5.97 Å². The third-order valence-corrected chi connectivity index (χ3v) is 4.07. The van der Waals surface area contributed by atoms with Crippen molar-refractivity contribution in [2.75, 3.05) is 57.1 Å². The van der Waals surface area contributed by atoms with Gasteiger partial charge in [-0.3, -0.25) is 4.90 Å². The summed E-state index contributed by atoms with van der Waals surface area (Å²) in [5, 5.41) is 6.38. The highest BCUT2D eigenvalue weighted by atomic mass is 16.5. The maximum absolute atomic E-state index is 11.9. The minimum absolute atomic E-state index is 0.397. The molecule has 1 fully saturated rings. The summed E-state index contributed by atoms with van der Waals surface area (Å²) < 4.78 is 10.2. The fourth-order valence-corrected chi connectivity index (χ4v) is 2.68. The summed E-state index contributed by atoms with van der Waals surface area (Å²) in [6.45, 7) is 5.14. The lowest BCUT2D eigenvalue weighted by atomic mass is 10.2. The van der Waals surface area contributed by atoms with Gasteiger partial charge in [0.2, 0.25) is 5.95 Å². The molecule has 0 atom stereocenters. The predicted molar refractivity (Wildman–Crippen MR) is 98.8 cm³/mol. The lowest BCUT2D eigenvalue weighted by Gasteiger charge is -2.26. The van der Waals surface area contributed by atoms with Gasteiger partial charge in [-0.1, -0.05) is 12.1 Å². The average molecular weight is 357 g/mol. The Bertz CT molecular complexity index is 734. The molecule has 1 aromatic heterocycles. The Hall–Kier alpha value is -2.71. The average Bonchev–Trinajstić information content (AvgIpc) is 2.69. The quantitative estimate of drug-likeness (QED) is 0.725. The topological polar surface area (TPSA) is 88.6 Å². The summed E-state index contributed by atoms with van der Waals surface area (Å²) in [6.07, 6.45) is 1.67. The molecule has 0 saturated carbocycles. The van der Waals surface area contributed by atoms with Crippen LogP contribution in [0.3, 0.4) is 0 Å². The van der Waals surface area contributed by atoms with Gasteiger partial charge in [0.05, 0.1) is 31.6 Å². The van der Waals surface area contributed by atoms with E-state index in [1.807, 2.05) is 6.07 Å². The number of nitrogens with one attached hydrogen (secondary N) is 2. The van der Waals surface area contributed by atoms with Gasteiger partial charge in [0.1, 0.15) is 5.82 Å². The molecule has 0 bridgehead atoms. The molecule has 0 radical (unpaired) electrons. The van der Waals surface area contributed by atoms with Crippen LogP contribution in [0.1, 0.15) is 10.4 Å². The van der Waals surface area contributed by atoms with Crippen molar-refractivity contribution in [1.29, 1.82) is 0 Å². The van der Waals surface area contributed by atoms with E-state index in [2.05, 4.69) is 25.5 Å². The highest BCUT2D eigenvalue weighted by Crippen LogP contribution is 2.20. The number of rotatable bonds is 7. The number of nitrogens with zero attached hydrogens (tertiary/aromatic N) is 3. The van der Waals surface area contributed by atoms with Crippen molar-refractivity contribution in [3.63, 3.8) is 0 Å². The number of hydrogen-bond acceptors (Lipinski definition) is 8. The summed E-state index contributed by atoms with van der Waals surface area (Å²) in [6, 6.07) is 8.89. The third kappa shape index (κ3) is 4.90. The van der Waals surface area contributed by atoms with Crippen molar-refractivity contribution < 1.29 is 14.3 Å². The molecule has 0 amide bonds. The van der Waals surface area contributed by atoms with E-state index in [4.69, 9.17) is 9.47 Å². The molecule has 1 saturated heterocycles. The molecule has 26 heavy (non-hydrogen) atoms. The van der Waals surface area contributed by atoms with Gasteiger partial charge in [-0.15, -0.1) is 0 Å². The lowest BCUT2D eigenvalue weighted by Crippen LogP contribution is -2.39. The number of methoxy groups -OCH3 is 1. The SMILES string of the molecule is COC(=O)c1ccccc1Nc1ccnc(NCCN2CCOCC2)n1. The van der Waals surface area contributed by atoms with Crippen molar-refractivity contribution in [1.82, 2.24) is 14.9 Å². The standard InChI is InChI=1S/C18H23N5O3/c1-25-17(24)14-4-2-3-5-15(14)21-16-6-7-19-18(22-16)20-8-9-23-10-12-26-13-11-23/h2-7H,8-13H2,1H3,(H2,19,20,21,22). The molecule has 0 unspecified atom stereocenters. The van der Waals surface area contributed by atoms with Gasteiger partial charge in [-0.05, 0) is 18.2 Å². The summed E-state index contributed by atoms with van der Waals surface area (Å²) in [7, 11) is 1.36. The molecule has 2 aromatic rings. The summed E-state index contributed by atoms with van der Waals surface area (Å²) in [5.74, 6) is 0.745. The summed E-state index contributed by atoms with van der Waals surface area (Å²) >= 11 is 0. The first-order chi connectivity index (χ1) is 12.8. The molecule has 8 nitrogen and oxygen atoms in total. The zero-order valence-corrected chi connectivity index (χ0v) is 14.8. The maximum Gasteiger partial charge on any atom is 0.339 e. The molecule has 1 aliphatic heterocycles. The number of carbonyl (C=O) groups is 1. The lowest BCUT2D eigenvalue weighted by molar-refractivity contribution is 0.0398. The number of esters is 1. The van der Waals surface area contributed by atoms with Gasteiger partial charge < -0.3 is 20.1 Å². The van der Waals surface area contributed by atoms with Crippen LogP contribution < -0.4 is 10.6 Å². The van der Waals surface area contributed by atoms with Crippen LogP contribution in [0.4, 0.5) is 17.5 Å². The molecule has 138 valence electrons. The zero-order chi connectivity index (χ0) is 18.2. The van der Waals surface area contributed by atoms with Gasteiger partial charge in [-0.25, -0.2) is 9.78 Å². The number of ether oxygens (including phenoxy) is 2. The smallest absolute Gasteiger partial charge is 0.339 e. The fourth-order valence-electron chi connectivity index (χ4n) is 2.68. The van der Waals surface area contributed by atoms with E-state index in [9.17, 15) is 4.79 Å². The van der Waals surface area contributed by atoms with Crippen LogP contribution in [0, 0.1) is 0 Å². The number of morpholine rings is 1. The van der Waals surface area contributed by atoms with Crippen LogP contribution in [0.5, 0.6) is 0 Å². The Labute approximate surface area is 152 Å². The van der Waals surface area contributed by atoms with Crippen LogP contribution in [-0.2, 0) is 9.47 Å². The number of hydrogen-bond donors (Lipinski definition) is 2. The van der Waals surface area contributed by atoms with Crippen molar-refractivity contribution in [3.05, 3.63) is 42.1 Å². The summed E-state index contributed by atoms with van der Waals surface area (Å²) in [4.78, 5) is 22.9. The Balaban J connectivity index is 1.60. The number of para-hydroxylation sites is 1. The molecule has 0 aliphatic carbocycles. The van der Waals surface area contributed by atoms with Gasteiger partial charge in [-0.2, -0.15) is 4.98 Å². The van der Waals surface area contributed by atoms with E-state index in [0.717, 1.165) is 39.4 Å². The fraction of sp³-hybridized carbons (Fsp3) is 0.389. The van der Waals surface area contributed by atoms with Crippen LogP contribution in [0.2, 0.25) is 0 Å². The monoisotopic (exact) mass is 357 g/mol. The molecule has 0 spiro atoms. The second kappa shape index (κ2) is 9.12. The zero-order valence-electron chi connectivity index (χ0n) is 14.8. The van der Waals surface area contributed by atoms with E-state index in [1.165, 1.54) is 7.11 Å². The van der Waals surface area contributed by atoms with Crippen molar-refractivity contribution in [2.24, 2.45) is 0 Å². The van der Waals surface area contributed by atoms with E-state index < -0.39 is 5.97 Å². The molecule has 2 N–H and O–H groups in total. The first-order valence-corrected chi connectivity index (χ1v) is 8.57. The molecule has 3 rings (SSSR count). The Morgan fingerprint density at radius 3 is 2.88 bits per heavy atom. The van der Waals surface area contributed by atoms with E-state index in [0.29, 0.717) is 23.0 Å². The number of carbonyl (C=O) groups excluding carboxylic acids is 1. The Morgan fingerprint density at radius 1 is 1.27 bits per heavy atom.